The third-order valence-electron chi connectivity index (χ3n) is 3.71. The van der Waals surface area contributed by atoms with Gasteiger partial charge in [0.05, 0.1) is 17.8 Å². The Kier molecular flexibility index (Phi) is 4.02. The molecule has 1 atom stereocenters. The number of nitrogens with one attached hydrogen (secondary N) is 1. The first-order chi connectivity index (χ1) is 10.3. The molecule has 3 rings (SSSR count). The maximum absolute atomic E-state index is 5.70. The smallest absolute Gasteiger partial charge is 0.128 e. The van der Waals surface area contributed by atoms with E-state index in [2.05, 4.69) is 36.3 Å². The summed E-state index contributed by atoms with van der Waals surface area (Å²) in [5.74, 6) is 0.973. The molecule has 108 valence electrons. The monoisotopic (exact) mass is 280 g/mol. The van der Waals surface area contributed by atoms with Gasteiger partial charge in [-0.15, -0.1) is 0 Å². The number of hydrogen-bond donors (Lipinski definition) is 1. The lowest BCUT2D eigenvalue weighted by Crippen LogP contribution is -2.23. The standard InChI is InChI=1S/C18H20N2O/c1-3-9-19-17(18-13(2)8-10-21-18)15-11-14-6-4-5-7-16(14)20-12-15/h4-8,10-12,17,19H,3,9H2,1-2H3. The fourth-order valence-corrected chi connectivity index (χ4v) is 2.58. The summed E-state index contributed by atoms with van der Waals surface area (Å²) in [6, 6.07) is 12.4. The Labute approximate surface area is 125 Å². The van der Waals surface area contributed by atoms with E-state index >= 15 is 0 Å². The quantitative estimate of drug-likeness (QED) is 0.760. The maximum Gasteiger partial charge on any atom is 0.128 e. The first kappa shape index (κ1) is 13.8. The van der Waals surface area contributed by atoms with Crippen molar-refractivity contribution in [3.63, 3.8) is 0 Å². The summed E-state index contributed by atoms with van der Waals surface area (Å²) in [5, 5.41) is 4.71. The first-order valence-electron chi connectivity index (χ1n) is 7.41. The highest BCUT2D eigenvalue weighted by Gasteiger charge is 2.19. The van der Waals surface area contributed by atoms with Gasteiger partial charge in [-0.2, -0.15) is 0 Å². The van der Waals surface area contributed by atoms with Gasteiger partial charge in [0, 0.05) is 11.6 Å². The Morgan fingerprint density at radius 1 is 1.24 bits per heavy atom. The third-order valence-corrected chi connectivity index (χ3v) is 3.71. The number of hydrogen-bond acceptors (Lipinski definition) is 3. The van der Waals surface area contributed by atoms with E-state index < -0.39 is 0 Å². The number of benzene rings is 1. The molecule has 0 aliphatic heterocycles. The Morgan fingerprint density at radius 2 is 2.10 bits per heavy atom. The highest BCUT2D eigenvalue weighted by molar-refractivity contribution is 5.78. The first-order valence-corrected chi connectivity index (χ1v) is 7.41. The zero-order valence-corrected chi connectivity index (χ0v) is 12.5. The van der Waals surface area contributed by atoms with E-state index in [4.69, 9.17) is 4.42 Å². The van der Waals surface area contributed by atoms with Gasteiger partial charge < -0.3 is 9.73 Å². The van der Waals surface area contributed by atoms with E-state index in [9.17, 15) is 0 Å². The average Bonchev–Trinajstić information content (AvgIpc) is 2.94. The van der Waals surface area contributed by atoms with Crippen molar-refractivity contribution in [1.29, 1.82) is 0 Å². The van der Waals surface area contributed by atoms with Crippen LogP contribution in [0.25, 0.3) is 10.9 Å². The van der Waals surface area contributed by atoms with Crippen molar-refractivity contribution >= 4 is 10.9 Å². The highest BCUT2D eigenvalue weighted by Crippen LogP contribution is 2.27. The number of nitrogens with zero attached hydrogens (tertiary/aromatic N) is 1. The second-order valence-electron chi connectivity index (χ2n) is 5.32. The number of fused-ring (bicyclic) bond motifs is 1. The molecule has 1 aromatic carbocycles. The SMILES string of the molecule is CCCNC(c1cnc2ccccc2c1)c1occc1C. The molecule has 3 nitrogen and oxygen atoms in total. The zero-order chi connectivity index (χ0) is 14.7. The van der Waals surface area contributed by atoms with Crippen LogP contribution in [0.2, 0.25) is 0 Å². The van der Waals surface area contributed by atoms with E-state index in [1.807, 2.05) is 30.5 Å². The Balaban J connectivity index is 2.03. The molecule has 0 radical (unpaired) electrons. The van der Waals surface area contributed by atoms with Crippen molar-refractivity contribution < 1.29 is 4.42 Å². The Bertz CT molecular complexity index is 733. The van der Waals surface area contributed by atoms with E-state index in [-0.39, 0.29) is 6.04 Å². The topological polar surface area (TPSA) is 38.1 Å². The van der Waals surface area contributed by atoms with Crippen LogP contribution < -0.4 is 5.32 Å². The molecule has 0 spiro atoms. The second-order valence-corrected chi connectivity index (χ2v) is 5.32. The Morgan fingerprint density at radius 3 is 2.86 bits per heavy atom. The molecule has 0 aliphatic carbocycles. The lowest BCUT2D eigenvalue weighted by Gasteiger charge is -2.18. The minimum atomic E-state index is 0.0528. The van der Waals surface area contributed by atoms with Gasteiger partial charge in [0.25, 0.3) is 0 Å². The third kappa shape index (κ3) is 2.83. The fraction of sp³-hybridized carbons (Fsp3) is 0.278. The van der Waals surface area contributed by atoms with Crippen molar-refractivity contribution in [1.82, 2.24) is 10.3 Å². The van der Waals surface area contributed by atoms with Crippen LogP contribution in [-0.4, -0.2) is 11.5 Å². The molecule has 1 N–H and O–H groups in total. The summed E-state index contributed by atoms with van der Waals surface area (Å²) < 4.78 is 5.70. The molecule has 0 aliphatic rings. The summed E-state index contributed by atoms with van der Waals surface area (Å²) in [6.45, 7) is 5.18. The van der Waals surface area contributed by atoms with Gasteiger partial charge in [0.15, 0.2) is 0 Å². The van der Waals surface area contributed by atoms with E-state index in [0.717, 1.165) is 40.8 Å². The number of rotatable bonds is 5. The van der Waals surface area contributed by atoms with Crippen molar-refractivity contribution in [2.45, 2.75) is 26.3 Å². The lowest BCUT2D eigenvalue weighted by molar-refractivity contribution is 0.443. The van der Waals surface area contributed by atoms with Crippen LogP contribution in [0.5, 0.6) is 0 Å². The van der Waals surface area contributed by atoms with E-state index in [1.54, 1.807) is 6.26 Å². The molecule has 0 amide bonds. The van der Waals surface area contributed by atoms with Crippen molar-refractivity contribution in [3.8, 4) is 0 Å². The number of pyridine rings is 1. The van der Waals surface area contributed by atoms with E-state index in [0.29, 0.717) is 0 Å². The Hall–Kier alpha value is -2.13. The minimum Gasteiger partial charge on any atom is -0.467 e. The van der Waals surface area contributed by atoms with Crippen LogP contribution in [0.1, 0.15) is 36.3 Å². The van der Waals surface area contributed by atoms with Crippen molar-refractivity contribution in [2.75, 3.05) is 6.54 Å². The number of furan rings is 1. The molecular formula is C18H20N2O. The van der Waals surface area contributed by atoms with E-state index in [1.165, 1.54) is 0 Å². The van der Waals surface area contributed by atoms with Gasteiger partial charge in [-0.3, -0.25) is 4.98 Å². The van der Waals surface area contributed by atoms with Gasteiger partial charge in [-0.25, -0.2) is 0 Å². The average molecular weight is 280 g/mol. The second kappa shape index (κ2) is 6.10. The predicted octanol–water partition coefficient (Wildman–Crippen LogP) is 4.23. The molecular weight excluding hydrogens is 260 g/mol. The molecule has 0 fully saturated rings. The number of aryl methyl sites for hydroxylation is 1. The van der Waals surface area contributed by atoms with Crippen LogP contribution in [0.3, 0.4) is 0 Å². The van der Waals surface area contributed by atoms with Crippen LogP contribution >= 0.6 is 0 Å². The van der Waals surface area contributed by atoms with Crippen LogP contribution in [0.4, 0.5) is 0 Å². The number of aromatic nitrogens is 1. The van der Waals surface area contributed by atoms with Crippen LogP contribution in [0.15, 0.2) is 53.3 Å². The van der Waals surface area contributed by atoms with Gasteiger partial charge >= 0.3 is 0 Å². The van der Waals surface area contributed by atoms with Gasteiger partial charge in [0.1, 0.15) is 5.76 Å². The summed E-state index contributed by atoms with van der Waals surface area (Å²) in [7, 11) is 0. The molecule has 2 heterocycles. The van der Waals surface area contributed by atoms with Crippen LogP contribution in [-0.2, 0) is 0 Å². The van der Waals surface area contributed by atoms with Crippen molar-refractivity contribution in [3.05, 3.63) is 65.7 Å². The maximum atomic E-state index is 5.70. The molecule has 21 heavy (non-hydrogen) atoms. The molecule has 3 heteroatoms. The number of para-hydroxylation sites is 1. The molecule has 0 saturated carbocycles. The van der Waals surface area contributed by atoms with Crippen molar-refractivity contribution in [2.24, 2.45) is 0 Å². The molecule has 0 bridgehead atoms. The summed E-state index contributed by atoms with van der Waals surface area (Å²) in [5.41, 5.74) is 3.32. The predicted molar refractivity (Wildman–Crippen MR) is 85.3 cm³/mol. The van der Waals surface area contributed by atoms with Crippen LogP contribution in [0, 0.1) is 6.92 Å². The summed E-state index contributed by atoms with van der Waals surface area (Å²) in [4.78, 5) is 4.57. The highest BCUT2D eigenvalue weighted by atomic mass is 16.3. The van der Waals surface area contributed by atoms with Gasteiger partial charge in [0.2, 0.25) is 0 Å². The lowest BCUT2D eigenvalue weighted by atomic mass is 10.0. The normalized spacial score (nSPS) is 12.7. The van der Waals surface area contributed by atoms with Gasteiger partial charge in [-0.05, 0) is 49.2 Å². The van der Waals surface area contributed by atoms with Gasteiger partial charge in [-0.1, -0.05) is 25.1 Å². The minimum absolute atomic E-state index is 0.0528. The molecule has 1 unspecified atom stereocenters. The summed E-state index contributed by atoms with van der Waals surface area (Å²) >= 11 is 0. The summed E-state index contributed by atoms with van der Waals surface area (Å²) in [6.07, 6.45) is 4.77. The molecule has 2 aromatic heterocycles. The molecule has 0 saturated heterocycles. The largest absolute Gasteiger partial charge is 0.467 e. The zero-order valence-electron chi connectivity index (χ0n) is 12.5. The molecule has 3 aromatic rings. The fourth-order valence-electron chi connectivity index (χ4n) is 2.58.